The molecule has 1 atom stereocenters. The Hall–Kier alpha value is -2.57. The molecule has 1 saturated heterocycles. The van der Waals surface area contributed by atoms with Crippen molar-refractivity contribution in [1.82, 2.24) is 15.5 Å². The highest BCUT2D eigenvalue weighted by Crippen LogP contribution is 2.34. The van der Waals surface area contributed by atoms with Crippen molar-refractivity contribution in [3.63, 3.8) is 0 Å². The Morgan fingerprint density at radius 3 is 2.81 bits per heavy atom. The summed E-state index contributed by atoms with van der Waals surface area (Å²) in [6.07, 6.45) is 4.89. The summed E-state index contributed by atoms with van der Waals surface area (Å²) in [5, 5.41) is 5.77. The Morgan fingerprint density at radius 2 is 2.00 bits per heavy atom. The number of nitrogens with zero attached hydrogens (tertiary/aromatic N) is 1. The zero-order valence-corrected chi connectivity index (χ0v) is 14.6. The summed E-state index contributed by atoms with van der Waals surface area (Å²) in [5.41, 5.74) is 0.133. The van der Waals surface area contributed by atoms with Gasteiger partial charge in [0.25, 0.3) is 5.91 Å². The van der Waals surface area contributed by atoms with E-state index < -0.39 is 11.6 Å². The van der Waals surface area contributed by atoms with Gasteiger partial charge in [-0.25, -0.2) is 4.79 Å². The molecule has 1 aliphatic carbocycles. The number of benzene rings is 1. The van der Waals surface area contributed by atoms with Crippen LogP contribution in [0.25, 0.3) is 0 Å². The summed E-state index contributed by atoms with van der Waals surface area (Å²) in [5.74, 6) is 0.174. The Kier molecular flexibility index (Phi) is 4.30. The number of nitrogens with one attached hydrogen (secondary N) is 2. The van der Waals surface area contributed by atoms with Crippen LogP contribution < -0.4 is 15.4 Å². The number of ether oxygens (including phenoxy) is 1. The number of amides is 4. The molecule has 2 fully saturated rings. The van der Waals surface area contributed by atoms with Crippen LogP contribution in [0.1, 0.15) is 50.1 Å². The topological polar surface area (TPSA) is 87.7 Å². The fraction of sp³-hybridized carbons (Fsp3) is 0.526. The SMILES string of the molecule is O=C(CN1C(=O)NC2(CCCCC2)C1=O)N[C@@H]1CCOc2ccccc21. The second kappa shape index (κ2) is 6.63. The molecule has 0 radical (unpaired) electrons. The van der Waals surface area contributed by atoms with Crippen LogP contribution in [-0.4, -0.2) is 41.4 Å². The smallest absolute Gasteiger partial charge is 0.325 e. The van der Waals surface area contributed by atoms with Gasteiger partial charge in [-0.15, -0.1) is 0 Å². The second-order valence-electron chi connectivity index (χ2n) is 7.26. The summed E-state index contributed by atoms with van der Waals surface area (Å²) in [6, 6.07) is 6.95. The van der Waals surface area contributed by atoms with Crippen LogP contribution in [-0.2, 0) is 9.59 Å². The molecular weight excluding hydrogens is 334 g/mol. The van der Waals surface area contributed by atoms with Gasteiger partial charge in [0, 0.05) is 12.0 Å². The van der Waals surface area contributed by atoms with Crippen LogP contribution in [0.3, 0.4) is 0 Å². The Bertz CT molecular complexity index is 742. The molecule has 138 valence electrons. The summed E-state index contributed by atoms with van der Waals surface area (Å²) in [4.78, 5) is 38.6. The van der Waals surface area contributed by atoms with Gasteiger partial charge in [-0.05, 0) is 18.9 Å². The average molecular weight is 357 g/mol. The Morgan fingerprint density at radius 1 is 1.23 bits per heavy atom. The predicted octanol–water partition coefficient (Wildman–Crippen LogP) is 1.88. The van der Waals surface area contributed by atoms with Crippen molar-refractivity contribution in [1.29, 1.82) is 0 Å². The molecule has 3 aliphatic rings. The molecule has 2 heterocycles. The summed E-state index contributed by atoms with van der Waals surface area (Å²) >= 11 is 0. The van der Waals surface area contributed by atoms with Crippen molar-refractivity contribution in [2.75, 3.05) is 13.2 Å². The number of imide groups is 1. The van der Waals surface area contributed by atoms with Crippen LogP contribution in [0.5, 0.6) is 5.75 Å². The lowest BCUT2D eigenvalue weighted by atomic mass is 9.82. The fourth-order valence-corrected chi connectivity index (χ4v) is 4.19. The lowest BCUT2D eigenvalue weighted by Crippen LogP contribution is -2.49. The monoisotopic (exact) mass is 357 g/mol. The van der Waals surface area contributed by atoms with E-state index in [9.17, 15) is 14.4 Å². The number of hydrogen-bond acceptors (Lipinski definition) is 4. The molecule has 1 aromatic carbocycles. The molecule has 1 saturated carbocycles. The molecule has 0 bridgehead atoms. The van der Waals surface area contributed by atoms with E-state index in [1.165, 1.54) is 0 Å². The molecule has 2 N–H and O–H groups in total. The van der Waals surface area contributed by atoms with Gasteiger partial charge in [-0.1, -0.05) is 37.5 Å². The van der Waals surface area contributed by atoms with E-state index in [1.807, 2.05) is 24.3 Å². The van der Waals surface area contributed by atoms with Crippen LogP contribution in [0.4, 0.5) is 4.79 Å². The largest absolute Gasteiger partial charge is 0.493 e. The number of rotatable bonds is 3. The lowest BCUT2D eigenvalue weighted by Gasteiger charge is -2.30. The minimum Gasteiger partial charge on any atom is -0.493 e. The van der Waals surface area contributed by atoms with Gasteiger partial charge >= 0.3 is 6.03 Å². The van der Waals surface area contributed by atoms with Gasteiger partial charge in [0.2, 0.25) is 5.91 Å². The van der Waals surface area contributed by atoms with E-state index in [0.717, 1.165) is 35.5 Å². The number of fused-ring (bicyclic) bond motifs is 1. The first-order chi connectivity index (χ1) is 12.6. The van der Waals surface area contributed by atoms with E-state index in [1.54, 1.807) is 0 Å². The van der Waals surface area contributed by atoms with E-state index in [4.69, 9.17) is 4.74 Å². The maximum Gasteiger partial charge on any atom is 0.325 e. The maximum absolute atomic E-state index is 12.8. The van der Waals surface area contributed by atoms with Crippen molar-refractivity contribution >= 4 is 17.8 Å². The molecule has 2 aliphatic heterocycles. The fourth-order valence-electron chi connectivity index (χ4n) is 4.19. The number of para-hydroxylation sites is 1. The lowest BCUT2D eigenvalue weighted by molar-refractivity contribution is -0.136. The van der Waals surface area contributed by atoms with Gasteiger partial charge in [0.15, 0.2) is 0 Å². The third-order valence-electron chi connectivity index (χ3n) is 5.55. The van der Waals surface area contributed by atoms with Gasteiger partial charge in [-0.3, -0.25) is 14.5 Å². The molecule has 7 heteroatoms. The van der Waals surface area contributed by atoms with Gasteiger partial charge in [-0.2, -0.15) is 0 Å². The number of hydrogen-bond donors (Lipinski definition) is 2. The molecule has 0 aromatic heterocycles. The molecule has 1 spiro atoms. The first-order valence-corrected chi connectivity index (χ1v) is 9.24. The normalized spacial score (nSPS) is 24.0. The van der Waals surface area contributed by atoms with E-state index in [0.29, 0.717) is 25.9 Å². The van der Waals surface area contributed by atoms with Crippen molar-refractivity contribution in [3.8, 4) is 5.75 Å². The van der Waals surface area contributed by atoms with Gasteiger partial charge in [0.05, 0.1) is 12.6 Å². The Labute approximate surface area is 152 Å². The Balaban J connectivity index is 1.43. The van der Waals surface area contributed by atoms with Gasteiger partial charge < -0.3 is 15.4 Å². The molecule has 26 heavy (non-hydrogen) atoms. The highest BCUT2D eigenvalue weighted by molar-refractivity contribution is 6.09. The third-order valence-corrected chi connectivity index (χ3v) is 5.55. The quantitative estimate of drug-likeness (QED) is 0.809. The van der Waals surface area contributed by atoms with Crippen LogP contribution in [0.2, 0.25) is 0 Å². The van der Waals surface area contributed by atoms with E-state index in [2.05, 4.69) is 10.6 Å². The summed E-state index contributed by atoms with van der Waals surface area (Å²) < 4.78 is 5.60. The minimum atomic E-state index is -0.791. The summed E-state index contributed by atoms with van der Waals surface area (Å²) in [7, 11) is 0. The average Bonchev–Trinajstić information content (AvgIpc) is 2.87. The minimum absolute atomic E-state index is 0.170. The van der Waals surface area contributed by atoms with Crippen LogP contribution >= 0.6 is 0 Å². The third kappa shape index (κ3) is 2.91. The van der Waals surface area contributed by atoms with Gasteiger partial charge in [0.1, 0.15) is 17.8 Å². The standard InChI is InChI=1S/C19H23N3O4/c23-16(20-14-8-11-26-15-7-3-2-6-13(14)15)12-22-17(24)19(21-18(22)25)9-4-1-5-10-19/h2-3,6-7,14H,1,4-5,8-12H2,(H,20,23)(H,21,25)/t14-/m1/s1. The number of carbonyl (C=O) groups excluding carboxylic acids is 3. The second-order valence-corrected chi connectivity index (χ2v) is 7.26. The maximum atomic E-state index is 12.8. The number of carbonyl (C=O) groups is 3. The van der Waals surface area contributed by atoms with Crippen molar-refractivity contribution in [3.05, 3.63) is 29.8 Å². The first-order valence-electron chi connectivity index (χ1n) is 9.24. The molecule has 4 rings (SSSR count). The zero-order chi connectivity index (χ0) is 18.1. The van der Waals surface area contributed by atoms with Crippen LogP contribution in [0.15, 0.2) is 24.3 Å². The molecule has 7 nitrogen and oxygen atoms in total. The highest BCUT2D eigenvalue weighted by atomic mass is 16.5. The van der Waals surface area contributed by atoms with Crippen molar-refractivity contribution in [2.24, 2.45) is 0 Å². The van der Waals surface area contributed by atoms with Crippen LogP contribution in [0, 0.1) is 0 Å². The molecule has 0 unspecified atom stereocenters. The predicted molar refractivity (Wildman–Crippen MR) is 93.5 cm³/mol. The van der Waals surface area contributed by atoms with E-state index >= 15 is 0 Å². The molecule has 4 amide bonds. The zero-order valence-electron chi connectivity index (χ0n) is 14.6. The summed E-state index contributed by atoms with van der Waals surface area (Å²) in [6.45, 7) is 0.278. The molecular formula is C19H23N3O4. The first kappa shape index (κ1) is 16.9. The van der Waals surface area contributed by atoms with E-state index in [-0.39, 0.29) is 24.4 Å². The van der Waals surface area contributed by atoms with Crippen molar-refractivity contribution < 1.29 is 19.1 Å². The number of urea groups is 1. The highest BCUT2D eigenvalue weighted by Gasteiger charge is 2.51. The van der Waals surface area contributed by atoms with Crippen molar-refractivity contribution in [2.45, 2.75) is 50.1 Å². The molecule has 1 aromatic rings.